The van der Waals surface area contributed by atoms with Gasteiger partial charge in [0, 0.05) is 18.0 Å². The van der Waals surface area contributed by atoms with Crippen molar-refractivity contribution in [1.29, 1.82) is 0 Å². The van der Waals surface area contributed by atoms with Gasteiger partial charge in [-0.3, -0.25) is 4.98 Å². The van der Waals surface area contributed by atoms with Gasteiger partial charge in [-0.15, -0.1) is 0 Å². The predicted octanol–water partition coefficient (Wildman–Crippen LogP) is 3.50. The molecule has 0 aliphatic rings. The summed E-state index contributed by atoms with van der Waals surface area (Å²) in [7, 11) is 0. The summed E-state index contributed by atoms with van der Waals surface area (Å²) in [5, 5.41) is 9.49. The molecule has 0 fully saturated rings. The average Bonchev–Trinajstić information content (AvgIpc) is 2.40. The van der Waals surface area contributed by atoms with Gasteiger partial charge in [0.05, 0.1) is 6.61 Å². The van der Waals surface area contributed by atoms with Crippen molar-refractivity contribution in [2.45, 2.75) is 33.3 Å². The van der Waals surface area contributed by atoms with E-state index in [1.807, 2.05) is 6.20 Å². The van der Waals surface area contributed by atoms with Crippen LogP contribution < -0.4 is 0 Å². The first-order valence-corrected chi connectivity index (χ1v) is 6.40. The second kappa shape index (κ2) is 5.78. The summed E-state index contributed by atoms with van der Waals surface area (Å²) in [6.07, 6.45) is 5.74. The van der Waals surface area contributed by atoms with Crippen LogP contribution in [-0.4, -0.2) is 10.1 Å². The van der Waals surface area contributed by atoms with E-state index < -0.39 is 0 Å². The maximum atomic E-state index is 9.49. The molecule has 18 heavy (non-hydrogen) atoms. The average molecular weight is 241 g/mol. The van der Waals surface area contributed by atoms with E-state index in [9.17, 15) is 5.11 Å². The summed E-state index contributed by atoms with van der Waals surface area (Å²) >= 11 is 0. The van der Waals surface area contributed by atoms with Crippen LogP contribution in [0.1, 0.15) is 30.0 Å². The van der Waals surface area contributed by atoms with Crippen LogP contribution in [0.25, 0.3) is 11.1 Å². The summed E-state index contributed by atoms with van der Waals surface area (Å²) in [6, 6.07) is 8.44. The molecule has 0 saturated carbocycles. The molecule has 2 heteroatoms. The molecule has 0 radical (unpaired) electrons. The number of aliphatic hydroxyl groups excluding tert-OH is 1. The monoisotopic (exact) mass is 241 g/mol. The number of aryl methyl sites for hydroxylation is 2. The molecular weight excluding hydrogens is 222 g/mol. The molecule has 1 heterocycles. The molecule has 1 N–H and O–H groups in total. The minimum Gasteiger partial charge on any atom is -0.392 e. The van der Waals surface area contributed by atoms with E-state index in [4.69, 9.17) is 0 Å². The number of rotatable bonds is 4. The molecule has 0 atom stereocenters. The first kappa shape index (κ1) is 12.8. The fraction of sp³-hybridized carbons (Fsp3) is 0.312. The van der Waals surface area contributed by atoms with Crippen molar-refractivity contribution in [3.63, 3.8) is 0 Å². The van der Waals surface area contributed by atoms with Crippen LogP contribution in [0, 0.1) is 6.92 Å². The molecule has 2 rings (SSSR count). The Morgan fingerprint density at radius 2 is 1.72 bits per heavy atom. The van der Waals surface area contributed by atoms with E-state index in [0.717, 1.165) is 29.5 Å². The highest BCUT2D eigenvalue weighted by Crippen LogP contribution is 2.28. The topological polar surface area (TPSA) is 33.1 Å². The summed E-state index contributed by atoms with van der Waals surface area (Å²) in [4.78, 5) is 4.22. The van der Waals surface area contributed by atoms with Gasteiger partial charge in [0.2, 0.25) is 0 Å². The highest BCUT2D eigenvalue weighted by atomic mass is 16.3. The Kier molecular flexibility index (Phi) is 4.11. The Morgan fingerprint density at radius 1 is 1.06 bits per heavy atom. The SMILES string of the molecule is CCCc1cncc(CO)c1-c1ccc(C)cc1. The molecular formula is C16H19NO. The number of hydrogen-bond donors (Lipinski definition) is 1. The summed E-state index contributed by atoms with van der Waals surface area (Å²) in [5.74, 6) is 0. The van der Waals surface area contributed by atoms with Gasteiger partial charge in [-0.05, 0) is 30.0 Å². The Bertz CT molecular complexity index is 517. The maximum Gasteiger partial charge on any atom is 0.0703 e. The van der Waals surface area contributed by atoms with Crippen LogP contribution in [0.2, 0.25) is 0 Å². The zero-order valence-electron chi connectivity index (χ0n) is 11.0. The molecule has 2 nitrogen and oxygen atoms in total. The van der Waals surface area contributed by atoms with Crippen LogP contribution in [0.3, 0.4) is 0 Å². The van der Waals surface area contributed by atoms with Gasteiger partial charge in [-0.1, -0.05) is 43.2 Å². The molecule has 0 bridgehead atoms. The molecule has 1 aromatic heterocycles. The first-order valence-electron chi connectivity index (χ1n) is 6.40. The molecule has 0 amide bonds. The van der Waals surface area contributed by atoms with Crippen molar-refractivity contribution in [3.8, 4) is 11.1 Å². The first-order chi connectivity index (χ1) is 8.76. The molecule has 0 aliphatic heterocycles. The van der Waals surface area contributed by atoms with Crippen molar-refractivity contribution in [1.82, 2.24) is 4.98 Å². The normalized spacial score (nSPS) is 10.6. The van der Waals surface area contributed by atoms with E-state index in [2.05, 4.69) is 43.1 Å². The quantitative estimate of drug-likeness (QED) is 0.888. The molecule has 94 valence electrons. The van der Waals surface area contributed by atoms with Crippen molar-refractivity contribution in [3.05, 3.63) is 53.3 Å². The third-order valence-corrected chi connectivity index (χ3v) is 3.13. The Labute approximate surface area is 108 Å². The molecule has 0 unspecified atom stereocenters. The van der Waals surface area contributed by atoms with Crippen molar-refractivity contribution >= 4 is 0 Å². The van der Waals surface area contributed by atoms with Crippen LogP contribution in [0.5, 0.6) is 0 Å². The zero-order chi connectivity index (χ0) is 13.0. The lowest BCUT2D eigenvalue weighted by Gasteiger charge is -2.13. The minimum absolute atomic E-state index is 0.0355. The van der Waals surface area contributed by atoms with Crippen LogP contribution in [0.4, 0.5) is 0 Å². The second-order valence-corrected chi connectivity index (χ2v) is 4.61. The van der Waals surface area contributed by atoms with Gasteiger partial charge in [0.25, 0.3) is 0 Å². The van der Waals surface area contributed by atoms with Crippen molar-refractivity contribution in [2.75, 3.05) is 0 Å². The number of hydrogen-bond acceptors (Lipinski definition) is 2. The standard InChI is InChI=1S/C16H19NO/c1-3-4-14-9-17-10-15(11-18)16(14)13-7-5-12(2)6-8-13/h5-10,18H,3-4,11H2,1-2H3. The van der Waals surface area contributed by atoms with Crippen LogP contribution in [-0.2, 0) is 13.0 Å². The smallest absolute Gasteiger partial charge is 0.0703 e. The fourth-order valence-corrected chi connectivity index (χ4v) is 2.22. The lowest BCUT2D eigenvalue weighted by Crippen LogP contribution is -1.98. The summed E-state index contributed by atoms with van der Waals surface area (Å²) in [5.41, 5.74) is 5.68. The Morgan fingerprint density at radius 3 is 2.33 bits per heavy atom. The van der Waals surface area contributed by atoms with Crippen LogP contribution in [0.15, 0.2) is 36.7 Å². The van der Waals surface area contributed by atoms with E-state index in [1.165, 1.54) is 11.1 Å². The van der Waals surface area contributed by atoms with Crippen molar-refractivity contribution < 1.29 is 5.11 Å². The number of pyridine rings is 1. The van der Waals surface area contributed by atoms with E-state index in [-0.39, 0.29) is 6.61 Å². The molecule has 0 aliphatic carbocycles. The fourth-order valence-electron chi connectivity index (χ4n) is 2.22. The minimum atomic E-state index is 0.0355. The second-order valence-electron chi connectivity index (χ2n) is 4.61. The van der Waals surface area contributed by atoms with Gasteiger partial charge in [0.1, 0.15) is 0 Å². The van der Waals surface area contributed by atoms with E-state index in [0.29, 0.717) is 0 Å². The zero-order valence-corrected chi connectivity index (χ0v) is 11.0. The van der Waals surface area contributed by atoms with Crippen molar-refractivity contribution in [2.24, 2.45) is 0 Å². The number of benzene rings is 1. The molecule has 1 aromatic carbocycles. The Hall–Kier alpha value is -1.67. The summed E-state index contributed by atoms with van der Waals surface area (Å²) < 4.78 is 0. The van der Waals surface area contributed by atoms with Gasteiger partial charge < -0.3 is 5.11 Å². The van der Waals surface area contributed by atoms with Crippen LogP contribution >= 0.6 is 0 Å². The molecule has 2 aromatic rings. The summed E-state index contributed by atoms with van der Waals surface area (Å²) in [6.45, 7) is 4.27. The van der Waals surface area contributed by atoms with Gasteiger partial charge in [0.15, 0.2) is 0 Å². The molecule has 0 saturated heterocycles. The van der Waals surface area contributed by atoms with Gasteiger partial charge in [-0.2, -0.15) is 0 Å². The maximum absolute atomic E-state index is 9.49. The van der Waals surface area contributed by atoms with Gasteiger partial charge in [-0.25, -0.2) is 0 Å². The van der Waals surface area contributed by atoms with E-state index in [1.54, 1.807) is 6.20 Å². The molecule has 0 spiro atoms. The number of aliphatic hydroxyl groups is 1. The number of nitrogens with zero attached hydrogens (tertiary/aromatic N) is 1. The highest BCUT2D eigenvalue weighted by molar-refractivity contribution is 5.70. The Balaban J connectivity index is 2.55. The lowest BCUT2D eigenvalue weighted by atomic mass is 9.94. The van der Waals surface area contributed by atoms with E-state index >= 15 is 0 Å². The van der Waals surface area contributed by atoms with Gasteiger partial charge >= 0.3 is 0 Å². The third kappa shape index (κ3) is 2.59. The number of aromatic nitrogens is 1. The largest absolute Gasteiger partial charge is 0.392 e. The highest BCUT2D eigenvalue weighted by Gasteiger charge is 2.10. The third-order valence-electron chi connectivity index (χ3n) is 3.13. The lowest BCUT2D eigenvalue weighted by molar-refractivity contribution is 0.282. The predicted molar refractivity (Wildman–Crippen MR) is 74.3 cm³/mol.